The molecule has 66 valence electrons. The number of anilines is 1. The molecule has 0 aromatic carbocycles. The van der Waals surface area contributed by atoms with Crippen molar-refractivity contribution >= 4 is 27.7 Å². The van der Waals surface area contributed by atoms with Crippen LogP contribution in [0, 0.1) is 0 Å². The van der Waals surface area contributed by atoms with E-state index < -0.39 is 0 Å². The Balaban J connectivity index is 2.30. The van der Waals surface area contributed by atoms with Gasteiger partial charge in [0.15, 0.2) is 0 Å². The van der Waals surface area contributed by atoms with Gasteiger partial charge < -0.3 is 5.32 Å². The predicted octanol–water partition coefficient (Wildman–Crippen LogP) is 1.83. The van der Waals surface area contributed by atoms with Crippen LogP contribution in [0.3, 0.4) is 0 Å². The Kier molecular flexibility index (Phi) is 1.22. The molecule has 1 aliphatic carbocycles. The van der Waals surface area contributed by atoms with Gasteiger partial charge in [0.2, 0.25) is 5.91 Å². The van der Waals surface area contributed by atoms with E-state index in [9.17, 15) is 4.79 Å². The van der Waals surface area contributed by atoms with Crippen molar-refractivity contribution in [3.05, 3.63) is 22.3 Å². The number of halogens is 1. The van der Waals surface area contributed by atoms with E-state index in [1.807, 2.05) is 6.07 Å². The van der Waals surface area contributed by atoms with Crippen molar-refractivity contribution in [3.8, 4) is 0 Å². The fourth-order valence-corrected chi connectivity index (χ4v) is 2.62. The summed E-state index contributed by atoms with van der Waals surface area (Å²) in [6.45, 7) is 0. The number of aromatic nitrogens is 1. The first-order valence-electron chi connectivity index (χ1n) is 4.20. The number of hydrogen-bond acceptors (Lipinski definition) is 2. The maximum Gasteiger partial charge on any atom is 0.236 e. The Hall–Kier alpha value is -0.900. The van der Waals surface area contributed by atoms with Gasteiger partial charge >= 0.3 is 0 Å². The lowest BCUT2D eigenvalue weighted by atomic mass is 10.00. The number of pyridine rings is 1. The molecule has 0 atom stereocenters. The van der Waals surface area contributed by atoms with E-state index in [4.69, 9.17) is 0 Å². The van der Waals surface area contributed by atoms with Crippen LogP contribution in [0.1, 0.15) is 18.4 Å². The summed E-state index contributed by atoms with van der Waals surface area (Å²) in [6, 6.07) is 1.89. The molecule has 0 saturated heterocycles. The smallest absolute Gasteiger partial charge is 0.236 e. The van der Waals surface area contributed by atoms with Crippen LogP contribution in [-0.2, 0) is 10.2 Å². The van der Waals surface area contributed by atoms with E-state index in [1.54, 1.807) is 6.20 Å². The highest BCUT2D eigenvalue weighted by Gasteiger charge is 2.57. The molecule has 3 nitrogen and oxygen atoms in total. The molecule has 1 N–H and O–H groups in total. The van der Waals surface area contributed by atoms with Gasteiger partial charge in [-0.05, 0) is 18.9 Å². The largest absolute Gasteiger partial charge is 0.310 e. The maximum absolute atomic E-state index is 11.6. The van der Waals surface area contributed by atoms with Crippen LogP contribution in [0.2, 0.25) is 0 Å². The first-order valence-corrected chi connectivity index (χ1v) is 5.00. The number of nitrogens with zero attached hydrogens (tertiary/aromatic N) is 1. The third-order valence-corrected chi connectivity index (χ3v) is 3.46. The van der Waals surface area contributed by atoms with Crippen molar-refractivity contribution in [2.24, 2.45) is 0 Å². The summed E-state index contributed by atoms with van der Waals surface area (Å²) in [5, 5.41) is 2.81. The Labute approximate surface area is 83.7 Å². The second-order valence-electron chi connectivity index (χ2n) is 3.55. The average Bonchev–Trinajstić information content (AvgIpc) is 2.79. The second kappa shape index (κ2) is 2.12. The summed E-state index contributed by atoms with van der Waals surface area (Å²) >= 11 is 3.46. The van der Waals surface area contributed by atoms with Crippen LogP contribution in [0.25, 0.3) is 0 Å². The molecule has 1 aromatic heterocycles. The fraction of sp³-hybridized carbons (Fsp3) is 0.333. The van der Waals surface area contributed by atoms with Crippen molar-refractivity contribution < 1.29 is 4.79 Å². The topological polar surface area (TPSA) is 42.0 Å². The number of carbonyl (C=O) groups is 1. The van der Waals surface area contributed by atoms with Gasteiger partial charge in [0, 0.05) is 16.2 Å². The summed E-state index contributed by atoms with van der Waals surface area (Å²) in [4.78, 5) is 15.7. The number of rotatable bonds is 0. The molecular formula is C9H7BrN2O. The highest BCUT2D eigenvalue weighted by molar-refractivity contribution is 9.10. The van der Waals surface area contributed by atoms with Gasteiger partial charge in [0.25, 0.3) is 0 Å². The molecule has 0 unspecified atom stereocenters. The van der Waals surface area contributed by atoms with Gasteiger partial charge in [-0.1, -0.05) is 15.9 Å². The predicted molar refractivity (Wildman–Crippen MR) is 51.5 cm³/mol. The SMILES string of the molecule is O=C1Nc2nccc(Br)c2C12CC2. The second-order valence-corrected chi connectivity index (χ2v) is 4.41. The molecule has 13 heavy (non-hydrogen) atoms. The molecule has 1 amide bonds. The molecule has 0 bridgehead atoms. The van der Waals surface area contributed by atoms with Crippen molar-refractivity contribution in [1.82, 2.24) is 4.98 Å². The van der Waals surface area contributed by atoms with Crippen LogP contribution in [0.15, 0.2) is 16.7 Å². The summed E-state index contributed by atoms with van der Waals surface area (Å²) in [6.07, 6.45) is 3.61. The van der Waals surface area contributed by atoms with E-state index in [1.165, 1.54) is 0 Å². The zero-order valence-electron chi connectivity index (χ0n) is 6.80. The van der Waals surface area contributed by atoms with Crippen LogP contribution in [0.5, 0.6) is 0 Å². The minimum Gasteiger partial charge on any atom is -0.310 e. The molecule has 4 heteroatoms. The lowest BCUT2D eigenvalue weighted by molar-refractivity contribution is -0.117. The van der Waals surface area contributed by atoms with Gasteiger partial charge in [0.05, 0.1) is 5.41 Å². The van der Waals surface area contributed by atoms with Gasteiger partial charge in [-0.15, -0.1) is 0 Å². The molecule has 1 spiro atoms. The standard InChI is InChI=1S/C9H7BrN2O/c10-5-1-4-11-7-6(5)9(2-3-9)8(13)12-7/h1,4H,2-3H2,(H,11,12,13). The lowest BCUT2D eigenvalue weighted by Gasteiger charge is -2.04. The third kappa shape index (κ3) is 0.790. The highest BCUT2D eigenvalue weighted by Crippen LogP contribution is 2.56. The van der Waals surface area contributed by atoms with Crippen molar-refractivity contribution in [3.63, 3.8) is 0 Å². The quantitative estimate of drug-likeness (QED) is 0.750. The van der Waals surface area contributed by atoms with Crippen LogP contribution >= 0.6 is 15.9 Å². The van der Waals surface area contributed by atoms with Crippen molar-refractivity contribution in [2.45, 2.75) is 18.3 Å². The monoisotopic (exact) mass is 238 g/mol. The molecule has 2 aliphatic rings. The number of hydrogen-bond donors (Lipinski definition) is 1. The Bertz CT molecular complexity index is 412. The molecule has 1 aliphatic heterocycles. The first kappa shape index (κ1) is 7.50. The van der Waals surface area contributed by atoms with E-state index in [-0.39, 0.29) is 11.3 Å². The number of carbonyl (C=O) groups excluding carboxylic acids is 1. The Morgan fingerprint density at radius 3 is 3.00 bits per heavy atom. The van der Waals surface area contributed by atoms with E-state index in [2.05, 4.69) is 26.2 Å². The average molecular weight is 239 g/mol. The van der Waals surface area contributed by atoms with Gasteiger partial charge in [-0.3, -0.25) is 4.79 Å². The zero-order chi connectivity index (χ0) is 9.05. The summed E-state index contributed by atoms with van der Waals surface area (Å²) in [5.74, 6) is 0.846. The molecule has 1 saturated carbocycles. The summed E-state index contributed by atoms with van der Waals surface area (Å²) < 4.78 is 0.994. The minimum atomic E-state index is -0.234. The minimum absolute atomic E-state index is 0.113. The van der Waals surface area contributed by atoms with Crippen molar-refractivity contribution in [1.29, 1.82) is 0 Å². The molecule has 2 heterocycles. The van der Waals surface area contributed by atoms with E-state index in [0.29, 0.717) is 0 Å². The van der Waals surface area contributed by atoms with E-state index >= 15 is 0 Å². The van der Waals surface area contributed by atoms with Crippen molar-refractivity contribution in [2.75, 3.05) is 5.32 Å². The van der Waals surface area contributed by atoms with Crippen LogP contribution in [0.4, 0.5) is 5.82 Å². The molecule has 3 rings (SSSR count). The fourth-order valence-electron chi connectivity index (χ4n) is 1.93. The number of nitrogens with one attached hydrogen (secondary N) is 1. The molecule has 1 aromatic rings. The zero-order valence-corrected chi connectivity index (χ0v) is 8.39. The summed E-state index contributed by atoms with van der Waals surface area (Å²) in [5.41, 5.74) is 0.822. The van der Waals surface area contributed by atoms with E-state index in [0.717, 1.165) is 28.7 Å². The van der Waals surface area contributed by atoms with Gasteiger partial charge in [0.1, 0.15) is 5.82 Å². The maximum atomic E-state index is 11.6. The molecule has 0 radical (unpaired) electrons. The Morgan fingerprint density at radius 2 is 2.31 bits per heavy atom. The Morgan fingerprint density at radius 1 is 1.54 bits per heavy atom. The lowest BCUT2D eigenvalue weighted by Crippen LogP contribution is -2.18. The van der Waals surface area contributed by atoms with Gasteiger partial charge in [-0.2, -0.15) is 0 Å². The van der Waals surface area contributed by atoms with Gasteiger partial charge in [-0.25, -0.2) is 4.98 Å². The number of fused-ring (bicyclic) bond motifs is 2. The molecule has 1 fully saturated rings. The van der Waals surface area contributed by atoms with Crippen LogP contribution in [-0.4, -0.2) is 10.9 Å². The first-order chi connectivity index (χ1) is 6.24. The normalized spacial score (nSPS) is 21.5. The number of amides is 1. The molecular weight excluding hydrogens is 232 g/mol. The third-order valence-electron chi connectivity index (χ3n) is 2.80. The van der Waals surface area contributed by atoms with Crippen LogP contribution < -0.4 is 5.32 Å². The highest BCUT2D eigenvalue weighted by atomic mass is 79.9. The summed E-state index contributed by atoms with van der Waals surface area (Å²) in [7, 11) is 0.